The number of carbonyl (C=O) groups excluding carboxylic acids is 1. The molecule has 0 amide bonds. The van der Waals surface area contributed by atoms with Gasteiger partial charge in [0.1, 0.15) is 0 Å². The monoisotopic (exact) mass is 289 g/mol. The Hall–Kier alpha value is -0.830. The lowest BCUT2D eigenvalue weighted by Gasteiger charge is -2.37. The van der Waals surface area contributed by atoms with Gasteiger partial charge in [-0.2, -0.15) is 13.2 Å². The molecule has 1 aliphatic rings. The zero-order chi connectivity index (χ0) is 14.1. The fourth-order valence-electron chi connectivity index (χ4n) is 1.39. The van der Waals surface area contributed by atoms with Crippen LogP contribution < -0.4 is 0 Å². The van der Waals surface area contributed by atoms with Crippen molar-refractivity contribution in [1.82, 2.24) is 5.06 Å². The van der Waals surface area contributed by atoms with Gasteiger partial charge in [0.2, 0.25) is 0 Å². The molecule has 0 atom stereocenters. The highest BCUT2D eigenvalue weighted by atomic mass is 32.2. The summed E-state index contributed by atoms with van der Waals surface area (Å²) in [4.78, 5) is 14.5. The van der Waals surface area contributed by atoms with Crippen molar-refractivity contribution in [3.05, 3.63) is 0 Å². The Morgan fingerprint density at radius 1 is 1.39 bits per heavy atom. The molecule has 0 aliphatic carbocycles. The number of sulfone groups is 1. The van der Waals surface area contributed by atoms with E-state index in [1.165, 1.54) is 13.8 Å². The topological polar surface area (TPSA) is 63.7 Å². The maximum absolute atomic E-state index is 11.8. The van der Waals surface area contributed by atoms with E-state index in [1.807, 2.05) is 0 Å². The van der Waals surface area contributed by atoms with Gasteiger partial charge in [-0.05, 0) is 13.8 Å². The number of hydrogen-bond donors (Lipinski definition) is 0. The van der Waals surface area contributed by atoms with Crippen molar-refractivity contribution in [2.75, 3.05) is 18.8 Å². The molecular formula is C9H14F3NO4S. The SMILES string of the molecule is CC(C)S(=O)(=O)CC1CN(OC(=O)C(F)(F)F)C1. The first-order valence-corrected chi connectivity index (χ1v) is 6.99. The molecule has 9 heteroatoms. The van der Waals surface area contributed by atoms with Gasteiger partial charge >= 0.3 is 12.1 Å². The van der Waals surface area contributed by atoms with Gasteiger partial charge < -0.3 is 4.84 Å². The van der Waals surface area contributed by atoms with E-state index >= 15 is 0 Å². The zero-order valence-electron chi connectivity index (χ0n) is 9.90. The highest BCUT2D eigenvalue weighted by Crippen LogP contribution is 2.23. The molecular weight excluding hydrogens is 275 g/mol. The van der Waals surface area contributed by atoms with Gasteiger partial charge in [0.25, 0.3) is 0 Å². The van der Waals surface area contributed by atoms with E-state index in [2.05, 4.69) is 4.84 Å². The number of hydroxylamine groups is 2. The van der Waals surface area contributed by atoms with Crippen LogP contribution >= 0.6 is 0 Å². The lowest BCUT2D eigenvalue weighted by atomic mass is 10.1. The summed E-state index contributed by atoms with van der Waals surface area (Å²) in [6, 6.07) is 0. The molecule has 0 aromatic carbocycles. The average Bonchev–Trinajstić information content (AvgIpc) is 2.11. The third kappa shape index (κ3) is 3.84. The Labute approximate surface area is 103 Å². The van der Waals surface area contributed by atoms with Crippen LogP contribution in [0.25, 0.3) is 0 Å². The van der Waals surface area contributed by atoms with Crippen LogP contribution in [0.15, 0.2) is 0 Å². The van der Waals surface area contributed by atoms with E-state index in [4.69, 9.17) is 0 Å². The molecule has 0 saturated carbocycles. The number of hydrogen-bond acceptors (Lipinski definition) is 5. The maximum Gasteiger partial charge on any atom is 0.492 e. The van der Waals surface area contributed by atoms with Crippen molar-refractivity contribution in [1.29, 1.82) is 0 Å². The number of rotatable bonds is 4. The second-order valence-electron chi connectivity index (χ2n) is 4.47. The smallest absolute Gasteiger partial charge is 0.361 e. The average molecular weight is 289 g/mol. The predicted molar refractivity (Wildman–Crippen MR) is 56.1 cm³/mol. The molecule has 0 aromatic heterocycles. The Balaban J connectivity index is 2.36. The van der Waals surface area contributed by atoms with Gasteiger partial charge in [-0.25, -0.2) is 13.2 Å². The molecule has 0 spiro atoms. The predicted octanol–water partition coefficient (Wildman–Crippen LogP) is 0.762. The molecule has 1 saturated heterocycles. The minimum atomic E-state index is -5.03. The fraction of sp³-hybridized carbons (Fsp3) is 0.889. The number of alkyl halides is 3. The molecule has 0 bridgehead atoms. The van der Waals surface area contributed by atoms with Gasteiger partial charge in [-0.15, -0.1) is 5.06 Å². The van der Waals surface area contributed by atoms with Gasteiger partial charge in [0.15, 0.2) is 9.84 Å². The first kappa shape index (κ1) is 15.2. The van der Waals surface area contributed by atoms with E-state index in [0.717, 1.165) is 5.06 Å². The zero-order valence-corrected chi connectivity index (χ0v) is 10.7. The Morgan fingerprint density at radius 3 is 2.28 bits per heavy atom. The molecule has 1 fully saturated rings. The lowest BCUT2D eigenvalue weighted by Crippen LogP contribution is -2.52. The third-order valence-corrected chi connectivity index (χ3v) is 4.93. The number of nitrogens with zero attached hydrogens (tertiary/aromatic N) is 1. The van der Waals surface area contributed by atoms with Crippen molar-refractivity contribution in [2.24, 2.45) is 5.92 Å². The molecule has 0 aromatic rings. The summed E-state index contributed by atoms with van der Waals surface area (Å²) in [7, 11) is -3.23. The molecule has 0 N–H and O–H groups in total. The highest BCUT2D eigenvalue weighted by molar-refractivity contribution is 7.91. The van der Waals surface area contributed by atoms with Crippen molar-refractivity contribution < 1.29 is 31.2 Å². The van der Waals surface area contributed by atoms with Crippen LogP contribution in [0.5, 0.6) is 0 Å². The summed E-state index contributed by atoms with van der Waals surface area (Å²) >= 11 is 0. The van der Waals surface area contributed by atoms with Crippen molar-refractivity contribution in [3.63, 3.8) is 0 Å². The molecule has 1 rings (SSSR count). The van der Waals surface area contributed by atoms with E-state index in [0.29, 0.717) is 0 Å². The molecule has 1 aliphatic heterocycles. The van der Waals surface area contributed by atoms with E-state index in [9.17, 15) is 26.4 Å². The van der Waals surface area contributed by atoms with Gasteiger partial charge in [-0.1, -0.05) is 0 Å². The minimum Gasteiger partial charge on any atom is -0.361 e. The summed E-state index contributed by atoms with van der Waals surface area (Å²) in [5.74, 6) is -2.68. The van der Waals surface area contributed by atoms with Crippen LogP contribution in [0.1, 0.15) is 13.8 Å². The largest absolute Gasteiger partial charge is 0.492 e. The van der Waals surface area contributed by atoms with Crippen LogP contribution in [-0.4, -0.2) is 49.7 Å². The molecule has 0 radical (unpaired) electrons. The summed E-state index contributed by atoms with van der Waals surface area (Å²) in [6.07, 6.45) is -5.03. The Kier molecular flexibility index (Phi) is 4.26. The van der Waals surface area contributed by atoms with Crippen molar-refractivity contribution in [3.8, 4) is 0 Å². The van der Waals surface area contributed by atoms with Gasteiger partial charge in [-0.3, -0.25) is 0 Å². The van der Waals surface area contributed by atoms with Crippen LogP contribution in [0.2, 0.25) is 0 Å². The van der Waals surface area contributed by atoms with Crippen molar-refractivity contribution >= 4 is 15.8 Å². The van der Waals surface area contributed by atoms with Crippen molar-refractivity contribution in [2.45, 2.75) is 25.3 Å². The summed E-state index contributed by atoms with van der Waals surface area (Å²) in [5.41, 5.74) is 0. The summed E-state index contributed by atoms with van der Waals surface area (Å²) in [5, 5.41) is 0.292. The van der Waals surface area contributed by atoms with Gasteiger partial charge in [0.05, 0.1) is 11.0 Å². The number of halogens is 3. The van der Waals surface area contributed by atoms with Crippen LogP contribution in [0.3, 0.4) is 0 Å². The van der Waals surface area contributed by atoms with Gasteiger partial charge in [0, 0.05) is 19.0 Å². The van der Waals surface area contributed by atoms with Crippen LogP contribution in [0.4, 0.5) is 13.2 Å². The molecule has 1 heterocycles. The second-order valence-corrected chi connectivity index (χ2v) is 7.07. The standard InChI is InChI=1S/C9H14F3NO4S/c1-6(2)18(15,16)5-7-3-13(4-7)17-8(14)9(10,11)12/h6-7H,3-5H2,1-2H3. The first-order chi connectivity index (χ1) is 8.02. The fourth-order valence-corrected chi connectivity index (χ4v) is 2.65. The summed E-state index contributed by atoms with van der Waals surface area (Å²) < 4.78 is 58.6. The molecule has 106 valence electrons. The molecule has 18 heavy (non-hydrogen) atoms. The van der Waals surface area contributed by atoms with E-state index in [1.54, 1.807) is 0 Å². The minimum absolute atomic E-state index is 0.00771. The summed E-state index contributed by atoms with van der Waals surface area (Å²) in [6.45, 7) is 3.09. The Bertz CT molecular complexity index is 412. The second kappa shape index (κ2) is 5.04. The quantitative estimate of drug-likeness (QED) is 0.764. The van der Waals surface area contributed by atoms with E-state index < -0.39 is 27.2 Å². The highest BCUT2D eigenvalue weighted by Gasteiger charge is 2.44. The maximum atomic E-state index is 11.8. The van der Waals surface area contributed by atoms with E-state index in [-0.39, 0.29) is 24.8 Å². The number of carbonyl (C=O) groups is 1. The first-order valence-electron chi connectivity index (χ1n) is 5.28. The normalized spacial score (nSPS) is 18.8. The van der Waals surface area contributed by atoms with Crippen LogP contribution in [0, 0.1) is 5.92 Å². The Morgan fingerprint density at radius 2 is 1.89 bits per heavy atom. The molecule has 0 unspecified atom stereocenters. The molecule has 5 nitrogen and oxygen atoms in total. The third-order valence-electron chi connectivity index (χ3n) is 2.55. The van der Waals surface area contributed by atoms with Crippen LogP contribution in [-0.2, 0) is 19.5 Å². The lowest BCUT2D eigenvalue weighted by molar-refractivity contribution is -0.257.